The molecule has 78 valence electrons. The van der Waals surface area contributed by atoms with Gasteiger partial charge < -0.3 is 12.4 Å². The Hall–Kier alpha value is -0.470. The molecular weight excluding hydrogens is 269 g/mol. The first-order chi connectivity index (χ1) is 5.58. The Kier molecular flexibility index (Phi) is 6.96. The Bertz CT molecular complexity index is 438. The number of hydrogen-bond acceptors (Lipinski definition) is 2. The van der Waals surface area contributed by atoms with Crippen molar-refractivity contribution in [3.8, 4) is 6.57 Å². The summed E-state index contributed by atoms with van der Waals surface area (Å²) in [5.41, 5.74) is 0. The first-order valence-electron chi connectivity index (χ1n) is 2.99. The summed E-state index contributed by atoms with van der Waals surface area (Å²) in [6.45, 7) is 4.69. The highest BCUT2D eigenvalue weighted by Gasteiger charge is 2.25. The minimum absolute atomic E-state index is 0. The lowest BCUT2D eigenvalue weighted by Gasteiger charge is -1.90. The molecule has 0 N–H and O–H groups in total. The standard InChI is InChI=1S/C7H5ClNO2S.2ClH/c1-9-12(10,11)7-5-3-2-4-6(7)8;;/h1-5H;2*1H/q+1;;/p-1. The number of nitrogens with zero attached hydrogens (tertiary/aromatic N) is 1. The zero-order valence-electron chi connectivity index (χ0n) is 6.72. The second-order valence-electron chi connectivity index (χ2n) is 2.01. The van der Waals surface area contributed by atoms with Gasteiger partial charge in [0.05, 0.1) is 9.27 Å². The molecule has 0 heterocycles. The van der Waals surface area contributed by atoms with Gasteiger partial charge in [-0.2, -0.15) is 0 Å². The van der Waals surface area contributed by atoms with Crippen molar-refractivity contribution < 1.29 is 20.8 Å². The van der Waals surface area contributed by atoms with Gasteiger partial charge in [-0.1, -0.05) is 23.7 Å². The van der Waals surface area contributed by atoms with E-state index in [1.165, 1.54) is 12.1 Å². The molecule has 1 rings (SSSR count). The number of halogens is 3. The Balaban J connectivity index is 0. The van der Waals surface area contributed by atoms with E-state index in [0.717, 1.165) is 0 Å². The van der Waals surface area contributed by atoms with Crippen LogP contribution in [0.2, 0.25) is 5.02 Å². The molecule has 0 unspecified atom stereocenters. The molecule has 0 radical (unpaired) electrons. The van der Waals surface area contributed by atoms with Crippen molar-refractivity contribution in [1.29, 1.82) is 0 Å². The van der Waals surface area contributed by atoms with E-state index in [1.807, 2.05) is 0 Å². The van der Waals surface area contributed by atoms with Crippen molar-refractivity contribution in [3.05, 3.63) is 33.5 Å². The van der Waals surface area contributed by atoms with Crippen molar-refractivity contribution in [1.82, 2.24) is 0 Å². The maximum atomic E-state index is 11.0. The van der Waals surface area contributed by atoms with Crippen LogP contribution in [0.25, 0.3) is 4.25 Å². The molecule has 0 aliphatic carbocycles. The number of benzene rings is 1. The largest absolute Gasteiger partial charge is 1.00 e. The van der Waals surface area contributed by atoms with Crippen LogP contribution in [0.4, 0.5) is 0 Å². The van der Waals surface area contributed by atoms with E-state index >= 15 is 0 Å². The van der Waals surface area contributed by atoms with Gasteiger partial charge in [-0.05, 0) is 12.1 Å². The predicted molar refractivity (Wildman–Crippen MR) is 54.2 cm³/mol. The van der Waals surface area contributed by atoms with Crippen molar-refractivity contribution in [2.45, 2.75) is 4.90 Å². The van der Waals surface area contributed by atoms with Crippen molar-refractivity contribution >= 4 is 34.0 Å². The normalized spacial score (nSPS) is 9.14. The average Bonchev–Trinajstić information content (AvgIpc) is 2.05. The van der Waals surface area contributed by atoms with Gasteiger partial charge in [0.15, 0.2) is 4.90 Å². The minimum atomic E-state index is -3.76. The van der Waals surface area contributed by atoms with Gasteiger partial charge in [0.2, 0.25) is 0 Å². The molecule has 0 atom stereocenters. The summed E-state index contributed by atoms with van der Waals surface area (Å²) in [6, 6.07) is 5.97. The van der Waals surface area contributed by atoms with E-state index in [9.17, 15) is 8.42 Å². The molecule has 14 heavy (non-hydrogen) atoms. The summed E-state index contributed by atoms with van der Waals surface area (Å²) >= 11 is 5.59. The summed E-state index contributed by atoms with van der Waals surface area (Å²) < 4.78 is 24.8. The van der Waals surface area contributed by atoms with E-state index in [2.05, 4.69) is 10.8 Å². The highest BCUT2D eigenvalue weighted by molar-refractivity contribution is 7.93. The van der Waals surface area contributed by atoms with Crippen molar-refractivity contribution in [3.63, 3.8) is 0 Å². The van der Waals surface area contributed by atoms with E-state index < -0.39 is 10.0 Å². The monoisotopic (exact) mass is 273 g/mol. The first-order valence-corrected chi connectivity index (χ1v) is 4.81. The predicted octanol–water partition coefficient (Wildman–Crippen LogP) is -0.583. The number of hydrogen-bond donors (Lipinski definition) is 0. The van der Waals surface area contributed by atoms with Crippen molar-refractivity contribution in [2.24, 2.45) is 0 Å². The Labute approximate surface area is 99.8 Å². The second-order valence-corrected chi connectivity index (χ2v) is 4.02. The van der Waals surface area contributed by atoms with Gasteiger partial charge in [-0.3, -0.25) is 0 Å². The van der Waals surface area contributed by atoms with Crippen LogP contribution in [0.1, 0.15) is 0 Å². The summed E-state index contributed by atoms with van der Waals surface area (Å²) in [4.78, 5) is -0.0748. The molecule has 7 heteroatoms. The molecule has 0 aromatic heterocycles. The maximum Gasteiger partial charge on any atom is 0.511 e. The lowest BCUT2D eigenvalue weighted by atomic mass is 10.4. The van der Waals surface area contributed by atoms with Gasteiger partial charge in [0.1, 0.15) is 0 Å². The highest BCUT2D eigenvalue weighted by atomic mass is 35.5. The molecule has 0 bridgehead atoms. The maximum absolute atomic E-state index is 11.0. The van der Waals surface area contributed by atoms with E-state index in [1.54, 1.807) is 12.1 Å². The first kappa shape index (κ1) is 16.0. The topological polar surface area (TPSA) is 38.5 Å². The number of sulfonamides is 1. The number of rotatable bonds is 1. The molecule has 1 aromatic rings. The van der Waals surface area contributed by atoms with Gasteiger partial charge in [-0.25, -0.2) is 0 Å². The SMILES string of the molecule is C#[N+]S(=O)(=O)c1ccccc1Cl.Cl.[Cl-]. The Morgan fingerprint density at radius 1 is 1.29 bits per heavy atom. The van der Waals surface area contributed by atoms with Crippen LogP contribution < -0.4 is 12.4 Å². The molecule has 0 fully saturated rings. The Morgan fingerprint density at radius 2 is 1.79 bits per heavy atom. The molecule has 3 nitrogen and oxygen atoms in total. The third-order valence-electron chi connectivity index (χ3n) is 1.25. The summed E-state index contributed by atoms with van der Waals surface area (Å²) in [5, 5.41) is 0.117. The molecule has 1 aromatic carbocycles. The molecule has 0 saturated heterocycles. The summed E-state index contributed by atoms with van der Waals surface area (Å²) in [5.74, 6) is 0. The molecule has 0 aliphatic heterocycles. The molecule has 0 spiro atoms. The van der Waals surface area contributed by atoms with Crippen LogP contribution in [0.15, 0.2) is 29.2 Å². The summed E-state index contributed by atoms with van der Waals surface area (Å²) in [7, 11) is -3.76. The van der Waals surface area contributed by atoms with Gasteiger partial charge >= 0.3 is 10.0 Å². The van der Waals surface area contributed by atoms with Gasteiger partial charge in [0.25, 0.3) is 6.57 Å². The van der Waals surface area contributed by atoms with E-state index in [-0.39, 0.29) is 34.7 Å². The fourth-order valence-corrected chi connectivity index (χ4v) is 1.82. The molecule has 0 aliphatic rings. The molecule has 0 saturated carbocycles. The van der Waals surface area contributed by atoms with E-state index in [4.69, 9.17) is 11.6 Å². The molecular formula is C7H6Cl3NO2S. The van der Waals surface area contributed by atoms with E-state index in [0.29, 0.717) is 0 Å². The Morgan fingerprint density at radius 3 is 2.21 bits per heavy atom. The van der Waals surface area contributed by atoms with Gasteiger partial charge in [0, 0.05) is 0 Å². The lowest BCUT2D eigenvalue weighted by Crippen LogP contribution is -3.00. The van der Waals surface area contributed by atoms with Gasteiger partial charge in [-0.15, -0.1) is 20.8 Å². The van der Waals surface area contributed by atoms with Crippen LogP contribution >= 0.6 is 24.0 Å². The van der Waals surface area contributed by atoms with Crippen LogP contribution in [0.5, 0.6) is 0 Å². The lowest BCUT2D eigenvalue weighted by molar-refractivity contribution is -0.00000491. The van der Waals surface area contributed by atoms with Crippen LogP contribution in [-0.4, -0.2) is 8.42 Å². The minimum Gasteiger partial charge on any atom is -1.00 e. The second kappa shape index (κ2) is 6.10. The van der Waals surface area contributed by atoms with Crippen LogP contribution in [0, 0.1) is 6.57 Å². The zero-order valence-corrected chi connectivity index (χ0v) is 9.87. The fraction of sp³-hybridized carbons (Fsp3) is 0. The van der Waals surface area contributed by atoms with Crippen molar-refractivity contribution in [2.75, 3.05) is 0 Å². The van der Waals surface area contributed by atoms with Crippen LogP contribution in [-0.2, 0) is 10.0 Å². The quantitative estimate of drug-likeness (QED) is 0.687. The molecule has 0 amide bonds. The summed E-state index contributed by atoms with van der Waals surface area (Å²) in [6.07, 6.45) is 0. The van der Waals surface area contributed by atoms with Crippen LogP contribution in [0.3, 0.4) is 0 Å². The highest BCUT2D eigenvalue weighted by Crippen LogP contribution is 2.21. The third-order valence-corrected chi connectivity index (χ3v) is 2.88. The zero-order chi connectivity index (χ0) is 9.19. The fourth-order valence-electron chi connectivity index (χ4n) is 0.711. The average molecular weight is 275 g/mol. The smallest absolute Gasteiger partial charge is 0.511 e. The third kappa shape index (κ3) is 3.35.